The molecule has 0 radical (unpaired) electrons. The molecule has 138 valence electrons. The van der Waals surface area contributed by atoms with Crippen LogP contribution < -0.4 is 10.6 Å². The van der Waals surface area contributed by atoms with Gasteiger partial charge in [-0.3, -0.25) is 9.59 Å². The monoisotopic (exact) mass is 355 g/mol. The fourth-order valence-corrected chi connectivity index (χ4v) is 3.29. The van der Waals surface area contributed by atoms with Crippen LogP contribution in [0.4, 0.5) is 5.69 Å². The second-order valence-electron chi connectivity index (χ2n) is 6.75. The number of hydrogen-bond acceptors (Lipinski definition) is 4. The predicted molar refractivity (Wildman–Crippen MR) is 100 cm³/mol. The summed E-state index contributed by atoms with van der Waals surface area (Å²) >= 11 is 0. The first-order chi connectivity index (χ1) is 12.6. The van der Waals surface area contributed by atoms with Crippen molar-refractivity contribution in [2.45, 2.75) is 19.8 Å². The molecule has 0 bridgehead atoms. The molecule has 2 amide bonds. The topological polar surface area (TPSA) is 74.6 Å². The molecule has 2 aromatic rings. The number of piperidine rings is 1. The van der Waals surface area contributed by atoms with E-state index >= 15 is 0 Å². The average Bonchev–Trinajstić information content (AvgIpc) is 3.19. The minimum absolute atomic E-state index is 0.0152. The van der Waals surface area contributed by atoms with E-state index in [0.717, 1.165) is 38.0 Å². The average molecular weight is 355 g/mol. The maximum atomic E-state index is 12.8. The third kappa shape index (κ3) is 4.14. The molecule has 6 heteroatoms. The van der Waals surface area contributed by atoms with Gasteiger partial charge in [0.1, 0.15) is 0 Å². The van der Waals surface area contributed by atoms with Crippen LogP contribution in [0.1, 0.15) is 39.3 Å². The lowest BCUT2D eigenvalue weighted by atomic mass is 9.96. The molecular formula is C20H25N3O3. The highest BCUT2D eigenvalue weighted by Crippen LogP contribution is 2.22. The summed E-state index contributed by atoms with van der Waals surface area (Å²) in [5, 5.41) is 6.03. The van der Waals surface area contributed by atoms with Crippen molar-refractivity contribution in [1.29, 1.82) is 0 Å². The number of nitrogens with one attached hydrogen (secondary N) is 2. The molecule has 2 heterocycles. The van der Waals surface area contributed by atoms with Crippen molar-refractivity contribution in [2.75, 3.05) is 32.0 Å². The van der Waals surface area contributed by atoms with Gasteiger partial charge in [-0.05, 0) is 69.1 Å². The molecule has 0 saturated carbocycles. The van der Waals surface area contributed by atoms with E-state index in [9.17, 15) is 9.59 Å². The summed E-state index contributed by atoms with van der Waals surface area (Å²) in [5.74, 6) is 0.565. The zero-order chi connectivity index (χ0) is 18.5. The van der Waals surface area contributed by atoms with Crippen molar-refractivity contribution in [3.63, 3.8) is 0 Å². The minimum atomic E-state index is -0.324. The first-order valence-electron chi connectivity index (χ1n) is 8.98. The number of hydrogen-bond donors (Lipinski definition) is 2. The SMILES string of the molecule is CNCC1CCN(C(=O)c2ccc(C)c(NC(=O)c3ccco3)c2)CC1. The maximum absolute atomic E-state index is 12.8. The van der Waals surface area contributed by atoms with E-state index in [1.54, 1.807) is 18.2 Å². The molecule has 0 atom stereocenters. The Morgan fingerprint density at radius 2 is 2.00 bits per heavy atom. The van der Waals surface area contributed by atoms with Gasteiger partial charge in [-0.25, -0.2) is 0 Å². The molecule has 0 unspecified atom stereocenters. The lowest BCUT2D eigenvalue weighted by Crippen LogP contribution is -2.40. The van der Waals surface area contributed by atoms with Gasteiger partial charge < -0.3 is 20.0 Å². The summed E-state index contributed by atoms with van der Waals surface area (Å²) < 4.78 is 5.12. The molecule has 26 heavy (non-hydrogen) atoms. The van der Waals surface area contributed by atoms with E-state index in [1.165, 1.54) is 6.26 Å². The number of anilines is 1. The Kier molecular flexibility index (Phi) is 5.73. The van der Waals surface area contributed by atoms with Crippen molar-refractivity contribution < 1.29 is 14.0 Å². The smallest absolute Gasteiger partial charge is 0.291 e. The number of benzene rings is 1. The fourth-order valence-electron chi connectivity index (χ4n) is 3.29. The summed E-state index contributed by atoms with van der Waals surface area (Å²) in [6, 6.07) is 8.70. The molecule has 0 spiro atoms. The van der Waals surface area contributed by atoms with Gasteiger partial charge in [0, 0.05) is 24.3 Å². The molecule has 1 fully saturated rings. The summed E-state index contributed by atoms with van der Waals surface area (Å²) in [4.78, 5) is 26.9. The van der Waals surface area contributed by atoms with E-state index in [1.807, 2.05) is 31.0 Å². The highest BCUT2D eigenvalue weighted by molar-refractivity contribution is 6.03. The third-order valence-corrected chi connectivity index (χ3v) is 4.87. The first-order valence-corrected chi connectivity index (χ1v) is 8.98. The van der Waals surface area contributed by atoms with Crippen molar-refractivity contribution in [1.82, 2.24) is 10.2 Å². The Hall–Kier alpha value is -2.60. The second kappa shape index (κ2) is 8.19. The van der Waals surface area contributed by atoms with E-state index in [4.69, 9.17) is 4.42 Å². The molecule has 6 nitrogen and oxygen atoms in total. The van der Waals surface area contributed by atoms with Crippen LogP contribution >= 0.6 is 0 Å². The van der Waals surface area contributed by atoms with Gasteiger partial charge in [0.2, 0.25) is 0 Å². The van der Waals surface area contributed by atoms with Crippen LogP contribution in [0.5, 0.6) is 0 Å². The quantitative estimate of drug-likeness (QED) is 0.865. The van der Waals surface area contributed by atoms with Crippen LogP contribution in [0, 0.1) is 12.8 Å². The van der Waals surface area contributed by atoms with E-state index in [-0.39, 0.29) is 17.6 Å². The zero-order valence-corrected chi connectivity index (χ0v) is 15.2. The molecule has 2 N–H and O–H groups in total. The number of likely N-dealkylation sites (tertiary alicyclic amines) is 1. The third-order valence-electron chi connectivity index (χ3n) is 4.87. The molecule has 3 rings (SSSR count). The summed E-state index contributed by atoms with van der Waals surface area (Å²) in [5.41, 5.74) is 2.12. The Labute approximate surface area is 153 Å². The van der Waals surface area contributed by atoms with Gasteiger partial charge in [-0.15, -0.1) is 0 Å². The minimum Gasteiger partial charge on any atom is -0.459 e. The number of carbonyl (C=O) groups excluding carboxylic acids is 2. The highest BCUT2D eigenvalue weighted by Gasteiger charge is 2.23. The predicted octanol–water partition coefficient (Wildman–Crippen LogP) is 2.91. The van der Waals surface area contributed by atoms with Gasteiger partial charge in [-0.1, -0.05) is 6.07 Å². The van der Waals surface area contributed by atoms with Gasteiger partial charge in [0.25, 0.3) is 11.8 Å². The van der Waals surface area contributed by atoms with Gasteiger partial charge in [0.05, 0.1) is 6.26 Å². The molecule has 1 aliphatic heterocycles. The maximum Gasteiger partial charge on any atom is 0.291 e. The van der Waals surface area contributed by atoms with Gasteiger partial charge >= 0.3 is 0 Å². The first kappa shape index (κ1) is 18.2. The lowest BCUT2D eigenvalue weighted by molar-refractivity contribution is 0.0690. The Bertz CT molecular complexity index is 763. The standard InChI is InChI=1S/C20H25N3O3/c1-14-5-6-16(12-17(14)22-19(24)18-4-3-11-26-18)20(25)23-9-7-15(8-10-23)13-21-2/h3-6,11-12,15,21H,7-10,13H2,1-2H3,(H,22,24). The largest absolute Gasteiger partial charge is 0.459 e. The number of carbonyl (C=O) groups is 2. The van der Waals surface area contributed by atoms with Crippen molar-refractivity contribution in [3.05, 3.63) is 53.5 Å². The molecule has 1 aromatic carbocycles. The number of rotatable bonds is 5. The van der Waals surface area contributed by atoms with Crippen LogP contribution in [0.3, 0.4) is 0 Å². The van der Waals surface area contributed by atoms with Gasteiger partial charge in [-0.2, -0.15) is 0 Å². The van der Waals surface area contributed by atoms with Gasteiger partial charge in [0.15, 0.2) is 5.76 Å². The van der Waals surface area contributed by atoms with Crippen molar-refractivity contribution in [3.8, 4) is 0 Å². The van der Waals surface area contributed by atoms with Crippen molar-refractivity contribution in [2.24, 2.45) is 5.92 Å². The van der Waals surface area contributed by atoms with Crippen LogP contribution in [0.25, 0.3) is 0 Å². The summed E-state index contributed by atoms with van der Waals surface area (Å²) in [7, 11) is 1.96. The molecule has 1 aliphatic rings. The van der Waals surface area contributed by atoms with Crippen LogP contribution in [-0.4, -0.2) is 43.4 Å². The summed E-state index contributed by atoms with van der Waals surface area (Å²) in [6.45, 7) is 4.44. The van der Waals surface area contributed by atoms with Crippen LogP contribution in [0.15, 0.2) is 41.0 Å². The normalized spacial score (nSPS) is 15.1. The number of nitrogens with zero attached hydrogens (tertiary/aromatic N) is 1. The highest BCUT2D eigenvalue weighted by atomic mass is 16.3. The molecule has 1 saturated heterocycles. The van der Waals surface area contributed by atoms with Crippen molar-refractivity contribution >= 4 is 17.5 Å². The van der Waals surface area contributed by atoms with E-state index in [0.29, 0.717) is 17.2 Å². The Balaban J connectivity index is 1.69. The summed E-state index contributed by atoms with van der Waals surface area (Å²) in [6.07, 6.45) is 3.49. The molecule has 1 aromatic heterocycles. The Morgan fingerprint density at radius 1 is 1.23 bits per heavy atom. The zero-order valence-electron chi connectivity index (χ0n) is 15.2. The Morgan fingerprint density at radius 3 is 2.65 bits per heavy atom. The van der Waals surface area contributed by atoms with Crippen LogP contribution in [0.2, 0.25) is 0 Å². The number of aryl methyl sites for hydroxylation is 1. The fraction of sp³-hybridized carbons (Fsp3) is 0.400. The van der Waals surface area contributed by atoms with E-state index in [2.05, 4.69) is 10.6 Å². The number of amides is 2. The molecule has 0 aliphatic carbocycles. The second-order valence-corrected chi connectivity index (χ2v) is 6.75. The number of furan rings is 1. The molecular weight excluding hydrogens is 330 g/mol. The lowest BCUT2D eigenvalue weighted by Gasteiger charge is -2.32. The van der Waals surface area contributed by atoms with Crippen LogP contribution in [-0.2, 0) is 0 Å². The van der Waals surface area contributed by atoms with E-state index < -0.39 is 0 Å².